The van der Waals surface area contributed by atoms with Crippen molar-refractivity contribution < 1.29 is 9.13 Å². The first-order chi connectivity index (χ1) is 9.01. The molecule has 100 valence electrons. The van der Waals surface area contributed by atoms with Gasteiger partial charge in [-0.25, -0.2) is 4.39 Å². The number of halogens is 2. The highest BCUT2D eigenvalue weighted by Gasteiger charge is 2.08. The predicted molar refractivity (Wildman–Crippen MR) is 84.5 cm³/mol. The number of aryl methyl sites for hydroxylation is 1. The van der Waals surface area contributed by atoms with Gasteiger partial charge < -0.3 is 15.8 Å². The van der Waals surface area contributed by atoms with Crippen molar-refractivity contribution in [2.24, 2.45) is 0 Å². The van der Waals surface area contributed by atoms with E-state index in [4.69, 9.17) is 10.5 Å². The van der Waals surface area contributed by atoms with Crippen molar-refractivity contribution in [1.29, 1.82) is 0 Å². The third-order valence-electron chi connectivity index (χ3n) is 2.80. The van der Waals surface area contributed by atoms with Crippen LogP contribution < -0.4 is 15.8 Å². The normalized spacial score (nSPS) is 10.3. The number of nitrogens with two attached hydrogens (primary N) is 1. The molecule has 0 atom stereocenters. The van der Waals surface area contributed by atoms with Gasteiger partial charge in [0, 0.05) is 11.8 Å². The van der Waals surface area contributed by atoms with E-state index in [1.165, 1.54) is 6.07 Å². The summed E-state index contributed by atoms with van der Waals surface area (Å²) in [4.78, 5) is 0. The summed E-state index contributed by atoms with van der Waals surface area (Å²) in [7, 11) is 1.62. The summed E-state index contributed by atoms with van der Waals surface area (Å²) in [5.41, 5.74) is 8.83. The van der Waals surface area contributed by atoms with Crippen LogP contribution in [-0.2, 0) is 0 Å². The summed E-state index contributed by atoms with van der Waals surface area (Å²) in [5.74, 6) is 0.494. The van der Waals surface area contributed by atoms with E-state index in [9.17, 15) is 4.39 Å². The lowest BCUT2D eigenvalue weighted by atomic mass is 10.1. The molecule has 0 bridgehead atoms. The van der Waals surface area contributed by atoms with Crippen LogP contribution in [0.4, 0.5) is 21.5 Å². The molecule has 3 nitrogen and oxygen atoms in total. The highest BCUT2D eigenvalue weighted by molar-refractivity contribution is 14.1. The van der Waals surface area contributed by atoms with E-state index >= 15 is 0 Å². The van der Waals surface area contributed by atoms with Gasteiger partial charge in [0.15, 0.2) is 0 Å². The van der Waals surface area contributed by atoms with Crippen molar-refractivity contribution in [2.75, 3.05) is 18.2 Å². The van der Waals surface area contributed by atoms with Crippen molar-refractivity contribution in [1.82, 2.24) is 0 Å². The van der Waals surface area contributed by atoms with Gasteiger partial charge in [0.1, 0.15) is 11.6 Å². The molecule has 0 heterocycles. The van der Waals surface area contributed by atoms with Gasteiger partial charge in [-0.15, -0.1) is 0 Å². The lowest BCUT2D eigenvalue weighted by Crippen LogP contribution is -2.00. The Balaban J connectivity index is 2.33. The summed E-state index contributed by atoms with van der Waals surface area (Å²) in [5, 5.41) is 3.14. The molecular weight excluding hydrogens is 358 g/mol. The molecule has 2 aromatic carbocycles. The molecule has 0 fully saturated rings. The van der Waals surface area contributed by atoms with Crippen LogP contribution in [-0.4, -0.2) is 7.11 Å². The fourth-order valence-electron chi connectivity index (χ4n) is 1.72. The molecule has 0 radical (unpaired) electrons. The van der Waals surface area contributed by atoms with Crippen LogP contribution in [0.5, 0.6) is 5.75 Å². The SMILES string of the molecule is COc1ccc(Nc2cc(F)c(I)cc2N)c(C)c1. The van der Waals surface area contributed by atoms with Crippen molar-refractivity contribution in [2.45, 2.75) is 6.92 Å². The van der Waals surface area contributed by atoms with E-state index in [0.29, 0.717) is 14.9 Å². The number of rotatable bonds is 3. The molecule has 19 heavy (non-hydrogen) atoms. The quantitative estimate of drug-likeness (QED) is 0.631. The standard InChI is InChI=1S/C14H14FIN2O/c1-8-5-9(19-2)3-4-13(8)18-14-6-10(15)11(16)7-12(14)17/h3-7,18H,17H2,1-2H3. The van der Waals surface area contributed by atoms with E-state index in [1.54, 1.807) is 13.2 Å². The predicted octanol–water partition coefficient (Wildman–Crippen LogP) is 4.07. The summed E-state index contributed by atoms with van der Waals surface area (Å²) in [6.45, 7) is 1.95. The second kappa shape index (κ2) is 5.64. The Morgan fingerprint density at radius 2 is 1.95 bits per heavy atom. The largest absolute Gasteiger partial charge is 0.497 e. The molecular formula is C14H14FIN2O. The van der Waals surface area contributed by atoms with Crippen LogP contribution in [0, 0.1) is 16.3 Å². The van der Waals surface area contributed by atoms with Gasteiger partial charge in [0.2, 0.25) is 0 Å². The lowest BCUT2D eigenvalue weighted by molar-refractivity contribution is 0.414. The van der Waals surface area contributed by atoms with Gasteiger partial charge in [-0.2, -0.15) is 0 Å². The number of nitrogen functional groups attached to an aromatic ring is 1. The number of nitrogens with one attached hydrogen (secondary N) is 1. The first-order valence-corrected chi connectivity index (χ1v) is 6.75. The maximum absolute atomic E-state index is 13.6. The maximum atomic E-state index is 13.6. The number of ether oxygens (including phenoxy) is 1. The maximum Gasteiger partial charge on any atom is 0.138 e. The molecule has 0 aromatic heterocycles. The van der Waals surface area contributed by atoms with Crippen molar-refractivity contribution in [3.05, 3.63) is 45.3 Å². The van der Waals surface area contributed by atoms with Gasteiger partial charge in [-0.1, -0.05) is 0 Å². The topological polar surface area (TPSA) is 47.3 Å². The summed E-state index contributed by atoms with van der Waals surface area (Å²) >= 11 is 1.91. The summed E-state index contributed by atoms with van der Waals surface area (Å²) in [6.07, 6.45) is 0. The Bertz CT molecular complexity index is 617. The second-order valence-electron chi connectivity index (χ2n) is 4.16. The molecule has 3 N–H and O–H groups in total. The van der Waals surface area contributed by atoms with Gasteiger partial charge in [-0.3, -0.25) is 0 Å². The Labute approximate surface area is 125 Å². The van der Waals surface area contributed by atoms with Crippen molar-refractivity contribution >= 4 is 39.7 Å². The third kappa shape index (κ3) is 3.09. The molecule has 0 aliphatic heterocycles. The molecule has 0 saturated carbocycles. The summed E-state index contributed by atoms with van der Waals surface area (Å²) in [6, 6.07) is 8.64. The fraction of sp³-hybridized carbons (Fsp3) is 0.143. The molecule has 0 aliphatic rings. The average molecular weight is 372 g/mol. The summed E-state index contributed by atoms with van der Waals surface area (Å²) < 4.78 is 19.2. The molecule has 5 heteroatoms. The van der Waals surface area contributed by atoms with E-state index in [1.807, 2.05) is 47.7 Å². The van der Waals surface area contributed by atoms with Crippen molar-refractivity contribution in [3.63, 3.8) is 0 Å². The average Bonchev–Trinajstić information content (AvgIpc) is 2.38. The molecule has 0 aliphatic carbocycles. The molecule has 0 amide bonds. The van der Waals surface area contributed by atoms with E-state index in [0.717, 1.165) is 17.0 Å². The zero-order chi connectivity index (χ0) is 14.0. The third-order valence-corrected chi connectivity index (χ3v) is 3.62. The van der Waals surface area contributed by atoms with Crippen molar-refractivity contribution in [3.8, 4) is 5.75 Å². The Morgan fingerprint density at radius 1 is 1.21 bits per heavy atom. The number of benzene rings is 2. The number of hydrogen-bond donors (Lipinski definition) is 2. The van der Waals surface area contributed by atoms with E-state index in [2.05, 4.69) is 5.32 Å². The first-order valence-electron chi connectivity index (χ1n) is 5.67. The number of methoxy groups -OCH3 is 1. The van der Waals surface area contributed by atoms with E-state index in [-0.39, 0.29) is 5.82 Å². The van der Waals surface area contributed by atoms with Crippen LogP contribution in [0.15, 0.2) is 30.3 Å². The molecule has 2 rings (SSSR count). The van der Waals surface area contributed by atoms with E-state index < -0.39 is 0 Å². The molecule has 0 unspecified atom stereocenters. The number of hydrogen-bond acceptors (Lipinski definition) is 3. The van der Waals surface area contributed by atoms with Gasteiger partial charge in [0.05, 0.1) is 22.1 Å². The molecule has 0 saturated heterocycles. The van der Waals surface area contributed by atoms with Gasteiger partial charge >= 0.3 is 0 Å². The lowest BCUT2D eigenvalue weighted by Gasteiger charge is -2.13. The second-order valence-corrected chi connectivity index (χ2v) is 5.32. The van der Waals surface area contributed by atoms with Crippen LogP contribution >= 0.6 is 22.6 Å². The minimum absolute atomic E-state index is 0.288. The van der Waals surface area contributed by atoms with Crippen LogP contribution in [0.1, 0.15) is 5.56 Å². The van der Waals surface area contributed by atoms with Crippen LogP contribution in [0.2, 0.25) is 0 Å². The Morgan fingerprint density at radius 3 is 2.58 bits per heavy atom. The zero-order valence-corrected chi connectivity index (χ0v) is 12.8. The van der Waals surface area contributed by atoms with Crippen LogP contribution in [0.3, 0.4) is 0 Å². The number of anilines is 3. The highest BCUT2D eigenvalue weighted by atomic mass is 127. The zero-order valence-electron chi connectivity index (χ0n) is 10.6. The smallest absolute Gasteiger partial charge is 0.138 e. The first kappa shape index (κ1) is 13.9. The minimum Gasteiger partial charge on any atom is -0.497 e. The Hall–Kier alpha value is -1.50. The molecule has 0 spiro atoms. The van der Waals surface area contributed by atoms with Gasteiger partial charge in [0.25, 0.3) is 0 Å². The molecule has 2 aromatic rings. The minimum atomic E-state index is -0.288. The highest BCUT2D eigenvalue weighted by Crippen LogP contribution is 2.29. The fourth-order valence-corrected chi connectivity index (χ4v) is 2.21. The van der Waals surface area contributed by atoms with Gasteiger partial charge in [-0.05, 0) is 59.3 Å². The Kier molecular flexibility index (Phi) is 4.14. The van der Waals surface area contributed by atoms with Crippen LogP contribution in [0.25, 0.3) is 0 Å². The monoisotopic (exact) mass is 372 g/mol.